The lowest BCUT2D eigenvalue weighted by Crippen LogP contribution is -2.24. The molecule has 1 saturated heterocycles. The number of carbonyl (C=O) groups is 1. The maximum Gasteiger partial charge on any atom is 0.357 e. The van der Waals surface area contributed by atoms with Gasteiger partial charge in [0.2, 0.25) is 5.65 Å². The lowest BCUT2D eigenvalue weighted by Gasteiger charge is -2.24. The highest BCUT2D eigenvalue weighted by Crippen LogP contribution is 2.38. The summed E-state index contributed by atoms with van der Waals surface area (Å²) in [4.78, 5) is 23.9. The molecule has 24 heavy (non-hydrogen) atoms. The van der Waals surface area contributed by atoms with Crippen LogP contribution in [0.5, 0.6) is 0 Å². The number of aromatic nitrogens is 5. The fourth-order valence-electron chi connectivity index (χ4n) is 3.07. The number of methoxy groups -OCH3 is 1. The summed E-state index contributed by atoms with van der Waals surface area (Å²) >= 11 is 1.54. The Kier molecular flexibility index (Phi) is 3.64. The number of carbonyl (C=O) groups excluding carboxylic acids is 1. The van der Waals surface area contributed by atoms with E-state index in [1.807, 2.05) is 17.5 Å². The van der Waals surface area contributed by atoms with Gasteiger partial charge in [-0.15, -0.1) is 21.5 Å². The number of thiazole rings is 1. The number of hydrogen-bond donors (Lipinski definition) is 0. The number of nitrogens with zero attached hydrogens (tertiary/aromatic N) is 6. The van der Waals surface area contributed by atoms with E-state index < -0.39 is 5.97 Å². The van der Waals surface area contributed by atoms with Gasteiger partial charge in [0.1, 0.15) is 11.3 Å². The third-order valence-corrected chi connectivity index (χ3v) is 5.27. The first-order chi connectivity index (χ1) is 11.7. The second-order valence-electron chi connectivity index (χ2n) is 5.61. The summed E-state index contributed by atoms with van der Waals surface area (Å²) < 4.78 is 6.66. The van der Waals surface area contributed by atoms with Crippen LogP contribution in [-0.4, -0.2) is 44.2 Å². The Hall–Kier alpha value is -2.55. The number of ether oxygens (including phenoxy) is 1. The number of aryl methyl sites for hydroxylation is 1. The summed E-state index contributed by atoms with van der Waals surface area (Å²) in [6.45, 7) is 2.76. The SMILES string of the molecule is COC(=O)c1nc(C2CCCN2c2nccn3cnnc23)sc1C. The minimum atomic E-state index is -0.391. The van der Waals surface area contributed by atoms with Gasteiger partial charge in [-0.25, -0.2) is 14.8 Å². The predicted octanol–water partition coefficient (Wildman–Crippen LogP) is 2.02. The van der Waals surface area contributed by atoms with E-state index in [1.54, 1.807) is 12.5 Å². The van der Waals surface area contributed by atoms with E-state index in [0.29, 0.717) is 5.69 Å². The highest BCUT2D eigenvalue weighted by molar-refractivity contribution is 7.12. The topological polar surface area (TPSA) is 85.5 Å². The molecule has 0 aliphatic carbocycles. The molecule has 0 spiro atoms. The van der Waals surface area contributed by atoms with E-state index in [0.717, 1.165) is 40.7 Å². The molecule has 4 heterocycles. The zero-order valence-electron chi connectivity index (χ0n) is 13.3. The van der Waals surface area contributed by atoms with Crippen molar-refractivity contribution in [1.82, 2.24) is 24.6 Å². The maximum atomic E-state index is 11.8. The van der Waals surface area contributed by atoms with Crippen molar-refractivity contribution < 1.29 is 9.53 Å². The first kappa shape index (κ1) is 15.0. The normalized spacial score (nSPS) is 17.6. The summed E-state index contributed by atoms with van der Waals surface area (Å²) in [7, 11) is 1.37. The van der Waals surface area contributed by atoms with Gasteiger partial charge in [0.05, 0.1) is 13.2 Å². The van der Waals surface area contributed by atoms with Crippen LogP contribution in [-0.2, 0) is 4.74 Å². The summed E-state index contributed by atoms with van der Waals surface area (Å²) in [6.07, 6.45) is 7.23. The minimum absolute atomic E-state index is 0.0857. The van der Waals surface area contributed by atoms with Crippen molar-refractivity contribution in [3.63, 3.8) is 0 Å². The molecule has 0 amide bonds. The third kappa shape index (κ3) is 2.32. The number of anilines is 1. The second kappa shape index (κ2) is 5.82. The monoisotopic (exact) mass is 344 g/mol. The Morgan fingerprint density at radius 3 is 3.17 bits per heavy atom. The molecule has 1 unspecified atom stereocenters. The number of rotatable bonds is 3. The molecule has 0 aromatic carbocycles. The molecular formula is C15H16N6O2S. The quantitative estimate of drug-likeness (QED) is 0.672. The standard InChI is InChI=1S/C15H16N6O2S/c1-9-11(15(22)23-2)18-14(24-9)10-4-3-6-21(10)12-13-19-17-8-20(13)7-5-16-12/h5,7-8,10H,3-4,6H2,1-2H3. The number of esters is 1. The van der Waals surface area contributed by atoms with Crippen LogP contribution in [0, 0.1) is 6.92 Å². The molecule has 124 valence electrons. The smallest absolute Gasteiger partial charge is 0.357 e. The van der Waals surface area contributed by atoms with Gasteiger partial charge < -0.3 is 9.64 Å². The molecule has 1 fully saturated rings. The molecule has 0 saturated carbocycles. The van der Waals surface area contributed by atoms with Crippen LogP contribution in [0.25, 0.3) is 5.65 Å². The van der Waals surface area contributed by atoms with Crippen molar-refractivity contribution in [1.29, 1.82) is 0 Å². The fraction of sp³-hybridized carbons (Fsp3) is 0.400. The molecule has 8 nitrogen and oxygen atoms in total. The van der Waals surface area contributed by atoms with Crippen molar-refractivity contribution in [3.8, 4) is 0 Å². The molecular weight excluding hydrogens is 328 g/mol. The average Bonchev–Trinajstić information content (AvgIpc) is 3.32. The van der Waals surface area contributed by atoms with Gasteiger partial charge in [-0.05, 0) is 19.8 Å². The zero-order valence-corrected chi connectivity index (χ0v) is 14.2. The van der Waals surface area contributed by atoms with Crippen LogP contribution in [0.2, 0.25) is 0 Å². The summed E-state index contributed by atoms with van der Waals surface area (Å²) in [6, 6.07) is 0.0857. The molecule has 0 radical (unpaired) electrons. The maximum absolute atomic E-state index is 11.8. The van der Waals surface area contributed by atoms with Gasteiger partial charge in [-0.1, -0.05) is 0 Å². The van der Waals surface area contributed by atoms with Crippen molar-refractivity contribution in [2.75, 3.05) is 18.6 Å². The summed E-state index contributed by atoms with van der Waals surface area (Å²) in [5.41, 5.74) is 1.13. The van der Waals surface area contributed by atoms with E-state index in [1.165, 1.54) is 18.4 Å². The molecule has 9 heteroatoms. The van der Waals surface area contributed by atoms with Crippen LogP contribution >= 0.6 is 11.3 Å². The molecule has 0 bridgehead atoms. The van der Waals surface area contributed by atoms with Gasteiger partial charge in [0.15, 0.2) is 11.5 Å². The Morgan fingerprint density at radius 1 is 1.46 bits per heavy atom. The van der Waals surface area contributed by atoms with Crippen molar-refractivity contribution in [2.24, 2.45) is 0 Å². The van der Waals surface area contributed by atoms with Crippen molar-refractivity contribution in [3.05, 3.63) is 34.3 Å². The van der Waals surface area contributed by atoms with E-state index >= 15 is 0 Å². The second-order valence-corrected chi connectivity index (χ2v) is 6.85. The van der Waals surface area contributed by atoms with Crippen molar-refractivity contribution >= 4 is 28.8 Å². The lowest BCUT2D eigenvalue weighted by atomic mass is 10.2. The van der Waals surface area contributed by atoms with Crippen LogP contribution in [0.15, 0.2) is 18.7 Å². The average molecular weight is 344 g/mol. The molecule has 1 atom stereocenters. The first-order valence-corrected chi connectivity index (χ1v) is 8.47. The Labute approximate surface area is 142 Å². The highest BCUT2D eigenvalue weighted by Gasteiger charge is 2.32. The molecule has 1 aliphatic rings. The minimum Gasteiger partial charge on any atom is -0.464 e. The van der Waals surface area contributed by atoms with E-state index in [4.69, 9.17) is 4.74 Å². The largest absolute Gasteiger partial charge is 0.464 e. The fourth-order valence-corrected chi connectivity index (χ4v) is 4.13. The first-order valence-electron chi connectivity index (χ1n) is 7.65. The Bertz CT molecular complexity index is 904. The van der Waals surface area contributed by atoms with E-state index in [9.17, 15) is 4.79 Å². The van der Waals surface area contributed by atoms with E-state index in [2.05, 4.69) is 25.1 Å². The van der Waals surface area contributed by atoms with Gasteiger partial charge in [0, 0.05) is 23.8 Å². The van der Waals surface area contributed by atoms with Gasteiger partial charge in [-0.2, -0.15) is 0 Å². The van der Waals surface area contributed by atoms with Gasteiger partial charge in [0.25, 0.3) is 0 Å². The van der Waals surface area contributed by atoms with Crippen molar-refractivity contribution in [2.45, 2.75) is 25.8 Å². The van der Waals surface area contributed by atoms with Crippen LogP contribution in [0.3, 0.4) is 0 Å². The van der Waals surface area contributed by atoms with E-state index in [-0.39, 0.29) is 6.04 Å². The summed E-state index contributed by atoms with van der Waals surface area (Å²) in [5, 5.41) is 9.04. The zero-order chi connectivity index (χ0) is 16.7. The molecule has 0 N–H and O–H groups in total. The molecule has 1 aliphatic heterocycles. The Balaban J connectivity index is 1.73. The van der Waals surface area contributed by atoms with Gasteiger partial charge >= 0.3 is 5.97 Å². The third-order valence-electron chi connectivity index (χ3n) is 4.20. The van der Waals surface area contributed by atoms with Gasteiger partial charge in [-0.3, -0.25) is 4.40 Å². The molecule has 3 aromatic rings. The Morgan fingerprint density at radius 2 is 2.33 bits per heavy atom. The number of fused-ring (bicyclic) bond motifs is 1. The van der Waals surface area contributed by atoms with Crippen LogP contribution in [0.1, 0.15) is 39.3 Å². The lowest BCUT2D eigenvalue weighted by molar-refractivity contribution is 0.0594. The number of hydrogen-bond acceptors (Lipinski definition) is 8. The predicted molar refractivity (Wildman–Crippen MR) is 88.3 cm³/mol. The highest BCUT2D eigenvalue weighted by atomic mass is 32.1. The molecule has 3 aromatic heterocycles. The summed E-state index contributed by atoms with van der Waals surface area (Å²) in [5.74, 6) is 0.405. The van der Waals surface area contributed by atoms with Crippen LogP contribution in [0.4, 0.5) is 5.82 Å². The van der Waals surface area contributed by atoms with Crippen LogP contribution < -0.4 is 4.90 Å². The molecule has 4 rings (SSSR count).